The van der Waals surface area contributed by atoms with E-state index < -0.39 is 12.3 Å². The highest BCUT2D eigenvalue weighted by atomic mass is 32.2. The third-order valence-corrected chi connectivity index (χ3v) is 3.72. The number of thioether (sulfide) groups is 1. The van der Waals surface area contributed by atoms with Crippen LogP contribution < -0.4 is 0 Å². The fourth-order valence-corrected chi connectivity index (χ4v) is 2.67. The monoisotopic (exact) mass is 257 g/mol. The van der Waals surface area contributed by atoms with E-state index in [0.717, 1.165) is 22.5 Å². The lowest BCUT2D eigenvalue weighted by atomic mass is 10.4. The third-order valence-electron chi connectivity index (χ3n) is 1.55. The second kappa shape index (κ2) is 5.18. The molecule has 0 saturated carbocycles. The molecule has 86 valence electrons. The van der Waals surface area contributed by atoms with Crippen LogP contribution in [-0.2, 0) is 5.75 Å². The largest absolute Gasteiger partial charge is 0.415 e. The number of hydrogen-bond acceptors (Lipinski definition) is 4. The van der Waals surface area contributed by atoms with E-state index in [4.69, 9.17) is 5.11 Å². The van der Waals surface area contributed by atoms with Crippen molar-refractivity contribution in [3.05, 3.63) is 16.1 Å². The van der Waals surface area contributed by atoms with E-state index in [2.05, 4.69) is 4.98 Å². The van der Waals surface area contributed by atoms with Crippen molar-refractivity contribution >= 4 is 23.1 Å². The van der Waals surface area contributed by atoms with Gasteiger partial charge >= 0.3 is 6.18 Å². The Morgan fingerprint density at radius 3 is 2.73 bits per heavy atom. The molecule has 1 aromatic rings. The molecule has 0 amide bonds. The van der Waals surface area contributed by atoms with Gasteiger partial charge in [-0.1, -0.05) is 0 Å². The highest BCUT2D eigenvalue weighted by Gasteiger charge is 2.37. The van der Waals surface area contributed by atoms with Gasteiger partial charge in [0.1, 0.15) is 5.01 Å². The first-order valence-corrected chi connectivity index (χ1v) is 6.16. The highest BCUT2D eigenvalue weighted by Crippen LogP contribution is 2.25. The predicted molar refractivity (Wildman–Crippen MR) is 55.1 cm³/mol. The van der Waals surface area contributed by atoms with Crippen LogP contribution in [0.25, 0.3) is 0 Å². The molecule has 0 fully saturated rings. The highest BCUT2D eigenvalue weighted by molar-refractivity contribution is 7.98. The maximum atomic E-state index is 11.9. The smallest absolute Gasteiger partial charge is 0.383 e. The lowest BCUT2D eigenvalue weighted by Gasteiger charge is -2.13. The van der Waals surface area contributed by atoms with Crippen LogP contribution in [0.2, 0.25) is 0 Å². The summed E-state index contributed by atoms with van der Waals surface area (Å²) in [5.41, 5.74) is 0.868. The van der Waals surface area contributed by atoms with Gasteiger partial charge in [0, 0.05) is 22.6 Å². The molecular formula is C8H10F3NOS2. The first-order chi connectivity index (χ1) is 6.89. The molecule has 0 bridgehead atoms. The Hall–Kier alpha value is -0.270. The second-order valence-corrected chi connectivity index (χ2v) is 4.93. The minimum absolute atomic E-state index is 0.345. The van der Waals surface area contributed by atoms with Crippen molar-refractivity contribution in [3.63, 3.8) is 0 Å². The predicted octanol–water partition coefficient (Wildman–Crippen LogP) is 2.61. The van der Waals surface area contributed by atoms with Crippen molar-refractivity contribution in [1.29, 1.82) is 0 Å². The number of alkyl halides is 3. The Balaban J connectivity index is 2.28. The number of aromatic nitrogens is 1. The number of rotatable bonds is 4. The van der Waals surface area contributed by atoms with E-state index >= 15 is 0 Å². The van der Waals surface area contributed by atoms with Crippen LogP contribution in [-0.4, -0.2) is 28.1 Å². The molecule has 1 rings (SSSR count). The molecule has 0 aliphatic heterocycles. The number of thiazole rings is 1. The number of aliphatic hydroxyl groups excluding tert-OH is 1. The van der Waals surface area contributed by atoms with Crippen molar-refractivity contribution in [2.45, 2.75) is 25.0 Å². The molecule has 0 radical (unpaired) electrons. The molecular weight excluding hydrogens is 247 g/mol. The zero-order valence-corrected chi connectivity index (χ0v) is 9.55. The number of aliphatic hydroxyl groups is 1. The molecule has 0 aliphatic carbocycles. The van der Waals surface area contributed by atoms with Gasteiger partial charge in [-0.25, -0.2) is 4.98 Å². The summed E-state index contributed by atoms with van der Waals surface area (Å²) in [6.07, 6.45) is -6.77. The first kappa shape index (κ1) is 12.8. The Labute approximate surface area is 93.5 Å². The summed E-state index contributed by atoms with van der Waals surface area (Å²) in [6.45, 7) is 1.83. The average Bonchev–Trinajstić information content (AvgIpc) is 2.49. The fraction of sp³-hybridized carbons (Fsp3) is 0.625. The summed E-state index contributed by atoms with van der Waals surface area (Å²) < 4.78 is 35.7. The van der Waals surface area contributed by atoms with E-state index in [9.17, 15) is 13.2 Å². The van der Waals surface area contributed by atoms with Crippen LogP contribution in [0.3, 0.4) is 0 Å². The minimum atomic E-state index is -4.52. The maximum absolute atomic E-state index is 11.9. The van der Waals surface area contributed by atoms with Gasteiger partial charge in [-0.05, 0) is 6.92 Å². The first-order valence-electron chi connectivity index (χ1n) is 4.13. The van der Waals surface area contributed by atoms with Crippen LogP contribution in [0.15, 0.2) is 5.38 Å². The topological polar surface area (TPSA) is 33.1 Å². The van der Waals surface area contributed by atoms with E-state index in [1.165, 1.54) is 11.3 Å². The van der Waals surface area contributed by atoms with Crippen LogP contribution in [0.5, 0.6) is 0 Å². The molecule has 0 aliphatic rings. The number of aryl methyl sites for hydroxylation is 1. The normalized spacial score (nSPS) is 14.2. The molecule has 1 heterocycles. The van der Waals surface area contributed by atoms with E-state index in [1.807, 2.05) is 12.3 Å². The lowest BCUT2D eigenvalue weighted by molar-refractivity contribution is -0.195. The Morgan fingerprint density at radius 1 is 1.60 bits per heavy atom. The van der Waals surface area contributed by atoms with Gasteiger partial charge in [-0.15, -0.1) is 11.3 Å². The Kier molecular flexibility index (Phi) is 4.42. The van der Waals surface area contributed by atoms with Crippen LogP contribution >= 0.6 is 23.1 Å². The summed E-state index contributed by atoms with van der Waals surface area (Å²) in [6, 6.07) is 0. The van der Waals surface area contributed by atoms with Gasteiger partial charge in [0.2, 0.25) is 0 Å². The molecule has 2 nitrogen and oxygen atoms in total. The zero-order chi connectivity index (χ0) is 11.5. The molecule has 0 aromatic carbocycles. The molecule has 7 heteroatoms. The summed E-state index contributed by atoms with van der Waals surface area (Å²) in [4.78, 5) is 4.10. The minimum Gasteiger partial charge on any atom is -0.383 e. The van der Waals surface area contributed by atoms with Gasteiger partial charge in [-0.2, -0.15) is 24.9 Å². The zero-order valence-electron chi connectivity index (χ0n) is 7.91. The van der Waals surface area contributed by atoms with Crippen molar-refractivity contribution in [3.8, 4) is 0 Å². The number of halogens is 3. The summed E-state index contributed by atoms with van der Waals surface area (Å²) in [5.74, 6) is 0.0633. The molecule has 1 unspecified atom stereocenters. The Morgan fingerprint density at radius 2 is 2.27 bits per heavy atom. The van der Waals surface area contributed by atoms with E-state index in [0.29, 0.717) is 5.75 Å². The van der Waals surface area contributed by atoms with Gasteiger partial charge in [0.25, 0.3) is 0 Å². The lowest BCUT2D eigenvalue weighted by Crippen LogP contribution is -2.30. The summed E-state index contributed by atoms with van der Waals surface area (Å²) in [7, 11) is 0. The molecule has 1 atom stereocenters. The summed E-state index contributed by atoms with van der Waals surface area (Å²) in [5, 5.41) is 11.3. The van der Waals surface area contributed by atoms with E-state index in [1.54, 1.807) is 0 Å². The SMILES string of the molecule is Cc1csc(CSCC(O)C(F)(F)F)n1. The van der Waals surface area contributed by atoms with Crippen LogP contribution in [0, 0.1) is 6.92 Å². The third kappa shape index (κ3) is 4.40. The van der Waals surface area contributed by atoms with Gasteiger partial charge in [-0.3, -0.25) is 0 Å². The van der Waals surface area contributed by atoms with Gasteiger partial charge < -0.3 is 5.11 Å². The number of nitrogens with zero attached hydrogens (tertiary/aromatic N) is 1. The van der Waals surface area contributed by atoms with Crippen molar-refractivity contribution in [2.24, 2.45) is 0 Å². The molecule has 1 N–H and O–H groups in total. The standard InChI is InChI=1S/C8H10F3NOS2/c1-5-2-15-7(12-5)4-14-3-6(13)8(9,10)11/h2,6,13H,3-4H2,1H3. The molecule has 15 heavy (non-hydrogen) atoms. The molecule has 0 spiro atoms. The average molecular weight is 257 g/mol. The van der Waals surface area contributed by atoms with Crippen molar-refractivity contribution in [1.82, 2.24) is 4.98 Å². The van der Waals surface area contributed by atoms with Crippen LogP contribution in [0.1, 0.15) is 10.7 Å². The number of hydrogen-bond donors (Lipinski definition) is 1. The Bertz CT molecular complexity index is 313. The maximum Gasteiger partial charge on any atom is 0.415 e. The molecule has 0 saturated heterocycles. The van der Waals surface area contributed by atoms with Gasteiger partial charge in [0.15, 0.2) is 6.10 Å². The van der Waals surface area contributed by atoms with Gasteiger partial charge in [0.05, 0.1) is 0 Å². The van der Waals surface area contributed by atoms with E-state index in [-0.39, 0.29) is 5.75 Å². The second-order valence-electron chi connectivity index (χ2n) is 2.96. The van der Waals surface area contributed by atoms with Crippen molar-refractivity contribution < 1.29 is 18.3 Å². The fourth-order valence-electron chi connectivity index (χ4n) is 0.821. The van der Waals surface area contributed by atoms with Crippen LogP contribution in [0.4, 0.5) is 13.2 Å². The van der Waals surface area contributed by atoms with Crippen molar-refractivity contribution in [2.75, 3.05) is 5.75 Å². The summed E-state index contributed by atoms with van der Waals surface area (Å²) >= 11 is 2.45. The quantitative estimate of drug-likeness (QED) is 0.900. The molecule has 1 aromatic heterocycles.